The number of rotatable bonds is 3. The standard InChI is InChI=1S/C19H21N3O2/c1-2-24-19(23)14-9-12-21(13-10-14)18-17-8-5-11-22(17)16-7-4-3-6-15(16)20-18/h3-8,11,14H,2,9-10,12-13H2,1H3. The van der Waals surface area contributed by atoms with Gasteiger partial charge in [0.2, 0.25) is 0 Å². The topological polar surface area (TPSA) is 46.8 Å². The van der Waals surface area contributed by atoms with Gasteiger partial charge in [-0.1, -0.05) is 12.1 Å². The minimum absolute atomic E-state index is 0.0180. The van der Waals surface area contributed by atoms with Crippen molar-refractivity contribution in [2.45, 2.75) is 19.8 Å². The Kier molecular flexibility index (Phi) is 3.84. The van der Waals surface area contributed by atoms with E-state index in [1.165, 1.54) is 0 Å². The van der Waals surface area contributed by atoms with Gasteiger partial charge in [0.25, 0.3) is 0 Å². The number of nitrogens with zero attached hydrogens (tertiary/aromatic N) is 3. The van der Waals surface area contributed by atoms with Gasteiger partial charge in [-0.2, -0.15) is 0 Å². The Labute approximate surface area is 140 Å². The van der Waals surface area contributed by atoms with Crippen molar-refractivity contribution in [1.82, 2.24) is 9.38 Å². The van der Waals surface area contributed by atoms with E-state index < -0.39 is 0 Å². The van der Waals surface area contributed by atoms with Crippen LogP contribution in [0.1, 0.15) is 19.8 Å². The van der Waals surface area contributed by atoms with Gasteiger partial charge < -0.3 is 14.0 Å². The summed E-state index contributed by atoms with van der Waals surface area (Å²) in [6, 6.07) is 12.3. The zero-order valence-corrected chi connectivity index (χ0v) is 13.8. The molecule has 0 radical (unpaired) electrons. The van der Waals surface area contributed by atoms with Gasteiger partial charge in [-0.25, -0.2) is 4.98 Å². The van der Waals surface area contributed by atoms with Crippen molar-refractivity contribution in [2.75, 3.05) is 24.6 Å². The molecule has 0 spiro atoms. The fourth-order valence-electron chi connectivity index (χ4n) is 3.53. The molecule has 5 nitrogen and oxygen atoms in total. The van der Waals surface area contributed by atoms with E-state index in [0.29, 0.717) is 6.61 Å². The monoisotopic (exact) mass is 323 g/mol. The molecule has 0 bridgehead atoms. The van der Waals surface area contributed by atoms with Crippen LogP contribution in [0.4, 0.5) is 5.82 Å². The third-order valence-electron chi connectivity index (χ3n) is 4.76. The minimum Gasteiger partial charge on any atom is -0.466 e. The van der Waals surface area contributed by atoms with E-state index in [9.17, 15) is 4.79 Å². The highest BCUT2D eigenvalue weighted by atomic mass is 16.5. The highest BCUT2D eigenvalue weighted by Crippen LogP contribution is 2.29. The van der Waals surface area contributed by atoms with Crippen LogP contribution in [-0.4, -0.2) is 35.1 Å². The van der Waals surface area contributed by atoms with Gasteiger partial charge in [-0.15, -0.1) is 0 Å². The molecule has 0 atom stereocenters. The largest absolute Gasteiger partial charge is 0.466 e. The van der Waals surface area contributed by atoms with Crippen LogP contribution >= 0.6 is 0 Å². The van der Waals surface area contributed by atoms with Gasteiger partial charge in [0, 0.05) is 19.3 Å². The van der Waals surface area contributed by atoms with Gasteiger partial charge >= 0.3 is 5.97 Å². The molecule has 24 heavy (non-hydrogen) atoms. The molecule has 0 unspecified atom stereocenters. The van der Waals surface area contributed by atoms with Gasteiger partial charge in [-0.3, -0.25) is 4.79 Å². The number of carbonyl (C=O) groups is 1. The molecule has 0 saturated carbocycles. The second kappa shape index (κ2) is 6.15. The summed E-state index contributed by atoms with van der Waals surface area (Å²) in [5.41, 5.74) is 3.22. The summed E-state index contributed by atoms with van der Waals surface area (Å²) < 4.78 is 7.35. The molecular formula is C19H21N3O2. The summed E-state index contributed by atoms with van der Waals surface area (Å²) in [6.45, 7) is 3.97. The normalized spacial score (nSPS) is 16.0. The van der Waals surface area contributed by atoms with Gasteiger partial charge in [0.15, 0.2) is 5.82 Å². The van der Waals surface area contributed by atoms with Gasteiger partial charge in [0.1, 0.15) is 0 Å². The lowest BCUT2D eigenvalue weighted by Crippen LogP contribution is -2.37. The minimum atomic E-state index is -0.0588. The van der Waals surface area contributed by atoms with Crippen molar-refractivity contribution >= 4 is 28.3 Å². The zero-order valence-electron chi connectivity index (χ0n) is 13.8. The van der Waals surface area contributed by atoms with E-state index >= 15 is 0 Å². The number of fused-ring (bicyclic) bond motifs is 3. The second-order valence-corrected chi connectivity index (χ2v) is 6.20. The van der Waals surface area contributed by atoms with E-state index in [0.717, 1.165) is 48.3 Å². The van der Waals surface area contributed by atoms with Crippen molar-refractivity contribution in [3.63, 3.8) is 0 Å². The molecule has 1 aromatic carbocycles. The van der Waals surface area contributed by atoms with Crippen LogP contribution in [0.2, 0.25) is 0 Å². The Balaban J connectivity index is 1.65. The maximum absolute atomic E-state index is 11.9. The average Bonchev–Trinajstić information content (AvgIpc) is 3.11. The van der Waals surface area contributed by atoms with E-state index in [-0.39, 0.29) is 11.9 Å². The van der Waals surface area contributed by atoms with Crippen LogP contribution in [0.5, 0.6) is 0 Å². The number of esters is 1. The Morgan fingerprint density at radius 1 is 1.17 bits per heavy atom. The molecular weight excluding hydrogens is 302 g/mol. The number of aromatic nitrogens is 2. The fourth-order valence-corrected chi connectivity index (χ4v) is 3.53. The summed E-state index contributed by atoms with van der Waals surface area (Å²) in [5, 5.41) is 0. The smallest absolute Gasteiger partial charge is 0.309 e. The molecule has 1 saturated heterocycles. The average molecular weight is 323 g/mol. The number of para-hydroxylation sites is 2. The lowest BCUT2D eigenvalue weighted by molar-refractivity contribution is -0.148. The van der Waals surface area contributed by atoms with Crippen LogP contribution in [0, 0.1) is 5.92 Å². The summed E-state index contributed by atoms with van der Waals surface area (Å²) in [6.07, 6.45) is 3.72. The molecule has 0 amide bonds. The SMILES string of the molecule is CCOC(=O)C1CCN(c2nc3ccccc3n3cccc23)CC1. The van der Waals surface area contributed by atoms with Crippen molar-refractivity contribution in [3.05, 3.63) is 42.6 Å². The van der Waals surface area contributed by atoms with Crippen LogP contribution in [0.25, 0.3) is 16.6 Å². The maximum Gasteiger partial charge on any atom is 0.309 e. The lowest BCUT2D eigenvalue weighted by Gasteiger charge is -2.32. The molecule has 2 aromatic heterocycles. The number of hydrogen-bond acceptors (Lipinski definition) is 4. The van der Waals surface area contributed by atoms with Crippen molar-refractivity contribution < 1.29 is 9.53 Å². The summed E-state index contributed by atoms with van der Waals surface area (Å²) in [4.78, 5) is 19.1. The van der Waals surface area contributed by atoms with Gasteiger partial charge in [-0.05, 0) is 44.0 Å². The summed E-state index contributed by atoms with van der Waals surface area (Å²) in [5.74, 6) is 0.960. The van der Waals surface area contributed by atoms with Crippen LogP contribution in [-0.2, 0) is 9.53 Å². The molecule has 0 aliphatic carbocycles. The predicted octanol–water partition coefficient (Wildman–Crippen LogP) is 3.27. The Morgan fingerprint density at radius 2 is 1.92 bits per heavy atom. The number of anilines is 1. The lowest BCUT2D eigenvalue weighted by atomic mass is 9.97. The molecule has 3 aromatic rings. The second-order valence-electron chi connectivity index (χ2n) is 6.20. The molecule has 1 aliphatic heterocycles. The fraction of sp³-hybridized carbons (Fsp3) is 0.368. The first-order valence-electron chi connectivity index (χ1n) is 8.55. The van der Waals surface area contributed by atoms with Crippen LogP contribution < -0.4 is 4.90 Å². The Bertz CT molecular complexity index is 879. The summed E-state index contributed by atoms with van der Waals surface area (Å²) in [7, 11) is 0. The molecule has 3 heterocycles. The molecule has 5 heteroatoms. The summed E-state index contributed by atoms with van der Waals surface area (Å²) >= 11 is 0. The first-order valence-corrected chi connectivity index (χ1v) is 8.55. The predicted molar refractivity (Wildman–Crippen MR) is 94.3 cm³/mol. The Morgan fingerprint density at radius 3 is 2.71 bits per heavy atom. The van der Waals surface area contributed by atoms with E-state index in [2.05, 4.69) is 33.7 Å². The van der Waals surface area contributed by atoms with Crippen molar-refractivity contribution in [3.8, 4) is 0 Å². The molecule has 0 N–H and O–H groups in total. The van der Waals surface area contributed by atoms with E-state index in [4.69, 9.17) is 9.72 Å². The highest BCUT2D eigenvalue weighted by molar-refractivity contribution is 5.85. The van der Waals surface area contributed by atoms with E-state index in [1.807, 2.05) is 25.1 Å². The van der Waals surface area contributed by atoms with Gasteiger partial charge in [0.05, 0.1) is 29.1 Å². The molecule has 1 aliphatic rings. The molecule has 4 rings (SSSR count). The first-order chi connectivity index (χ1) is 11.8. The highest BCUT2D eigenvalue weighted by Gasteiger charge is 2.27. The quantitative estimate of drug-likeness (QED) is 0.694. The number of carbonyl (C=O) groups excluding carboxylic acids is 1. The maximum atomic E-state index is 11.9. The number of benzene rings is 1. The van der Waals surface area contributed by atoms with Crippen molar-refractivity contribution in [2.24, 2.45) is 5.92 Å². The van der Waals surface area contributed by atoms with E-state index in [1.54, 1.807) is 0 Å². The van der Waals surface area contributed by atoms with Crippen molar-refractivity contribution in [1.29, 1.82) is 0 Å². The first kappa shape index (κ1) is 15.0. The molecule has 1 fully saturated rings. The third-order valence-corrected chi connectivity index (χ3v) is 4.76. The van der Waals surface area contributed by atoms with Crippen LogP contribution in [0.15, 0.2) is 42.6 Å². The van der Waals surface area contributed by atoms with Crippen LogP contribution in [0.3, 0.4) is 0 Å². The Hall–Kier alpha value is -2.56. The third kappa shape index (κ3) is 2.50. The number of piperidine rings is 1. The number of ether oxygens (including phenoxy) is 1. The zero-order chi connectivity index (χ0) is 16.5. The molecule has 124 valence electrons. The number of hydrogen-bond donors (Lipinski definition) is 0.